The monoisotopic (exact) mass is 125 g/mol. The summed E-state index contributed by atoms with van der Waals surface area (Å²) in [7, 11) is 0. The van der Waals surface area contributed by atoms with Crippen LogP contribution in [0.15, 0.2) is 30.4 Å². The van der Waals surface area contributed by atoms with E-state index in [0.29, 0.717) is 0 Å². The van der Waals surface area contributed by atoms with Gasteiger partial charge in [0.2, 0.25) is 0 Å². The van der Waals surface area contributed by atoms with Gasteiger partial charge in [-0.25, -0.2) is 0 Å². The van der Waals surface area contributed by atoms with Crippen LogP contribution in [0.25, 0.3) is 0 Å². The first-order valence-electron chi connectivity index (χ1n) is 2.88. The molecule has 0 aromatic heterocycles. The summed E-state index contributed by atoms with van der Waals surface area (Å²) >= 11 is 0. The molecule has 0 aliphatic heterocycles. The van der Waals surface area contributed by atoms with Gasteiger partial charge < -0.3 is 0 Å². The Balaban J connectivity index is 0. The second-order valence-electron chi connectivity index (χ2n) is 1.67. The maximum absolute atomic E-state index is 3.81. The van der Waals surface area contributed by atoms with E-state index in [1.165, 1.54) is 6.20 Å². The predicted octanol–water partition coefficient (Wildman–Crippen LogP) is 2.80. The van der Waals surface area contributed by atoms with E-state index in [-0.39, 0.29) is 0 Å². The molecule has 0 aliphatic carbocycles. The number of rotatable bonds is 1. The first-order valence-corrected chi connectivity index (χ1v) is 2.88. The third kappa shape index (κ3) is 41.0. The molecule has 1 nitrogen and oxygen atoms in total. The van der Waals surface area contributed by atoms with Crippen molar-refractivity contribution >= 4 is 5.71 Å². The molecule has 0 radical (unpaired) electrons. The molecular formula is C8H15N. The van der Waals surface area contributed by atoms with Crippen molar-refractivity contribution < 1.29 is 0 Å². The van der Waals surface area contributed by atoms with Gasteiger partial charge in [-0.05, 0) is 20.8 Å². The van der Waals surface area contributed by atoms with E-state index in [2.05, 4.69) is 18.2 Å². The molecule has 0 atom stereocenters. The molecule has 0 heterocycles. The van der Waals surface area contributed by atoms with E-state index < -0.39 is 0 Å². The highest BCUT2D eigenvalue weighted by molar-refractivity contribution is 5.79. The van der Waals surface area contributed by atoms with Gasteiger partial charge in [-0.2, -0.15) is 0 Å². The largest absolute Gasteiger partial charge is 0.267 e. The first kappa shape index (κ1) is 11.0. The average Bonchev–Trinajstić information content (AvgIpc) is 1.67. The molecule has 1 heteroatoms. The predicted molar refractivity (Wildman–Crippen MR) is 44.9 cm³/mol. The van der Waals surface area contributed by atoms with Gasteiger partial charge in [0.25, 0.3) is 0 Å². The summed E-state index contributed by atoms with van der Waals surface area (Å²) in [5, 5.41) is 0. The van der Waals surface area contributed by atoms with Crippen LogP contribution >= 0.6 is 0 Å². The number of hydrogen-bond donors (Lipinski definition) is 0. The summed E-state index contributed by atoms with van der Waals surface area (Å²) in [6.07, 6.45) is 3.29. The zero-order chi connectivity index (χ0) is 7.70. The van der Waals surface area contributed by atoms with Gasteiger partial charge in [0.05, 0.1) is 0 Å². The minimum atomic E-state index is 1.05. The number of aliphatic imine (C=N–C) groups is 1. The highest BCUT2D eigenvalue weighted by Gasteiger charge is 1.64. The molecule has 52 valence electrons. The van der Waals surface area contributed by atoms with E-state index in [0.717, 1.165) is 5.71 Å². The molecule has 0 unspecified atom stereocenters. The molecule has 0 saturated carbocycles. The molecule has 0 bridgehead atoms. The molecular weight excluding hydrogens is 110 g/mol. The fourth-order valence-corrected chi connectivity index (χ4v) is 0.183. The standard InChI is InChI=1S/C5H9N.C3H6/c1-4-6-5(2)3;1-3-2/h4H,1H2,2-3H3;3H,1H2,2H3. The molecule has 0 saturated heterocycles. The zero-order valence-electron chi connectivity index (χ0n) is 6.52. The Hall–Kier alpha value is -0.850. The zero-order valence-corrected chi connectivity index (χ0v) is 6.52. The van der Waals surface area contributed by atoms with Crippen LogP contribution < -0.4 is 0 Å². The van der Waals surface area contributed by atoms with Crippen LogP contribution in [0.2, 0.25) is 0 Å². The van der Waals surface area contributed by atoms with Crippen molar-refractivity contribution in [1.82, 2.24) is 0 Å². The Morgan fingerprint density at radius 3 is 1.67 bits per heavy atom. The smallest absolute Gasteiger partial charge is 0.0194 e. The summed E-state index contributed by atoms with van der Waals surface area (Å²) in [5.41, 5.74) is 1.05. The van der Waals surface area contributed by atoms with Crippen LogP contribution in [0.3, 0.4) is 0 Å². The molecule has 0 aromatic carbocycles. The van der Waals surface area contributed by atoms with E-state index in [1.54, 1.807) is 6.08 Å². The third-order valence-electron chi connectivity index (χ3n) is 0.349. The minimum Gasteiger partial charge on any atom is -0.267 e. The Labute approximate surface area is 57.8 Å². The van der Waals surface area contributed by atoms with E-state index in [4.69, 9.17) is 0 Å². The second-order valence-corrected chi connectivity index (χ2v) is 1.67. The fraction of sp³-hybridized carbons (Fsp3) is 0.375. The van der Waals surface area contributed by atoms with E-state index >= 15 is 0 Å². The molecule has 9 heavy (non-hydrogen) atoms. The number of hydrogen-bond acceptors (Lipinski definition) is 1. The quantitative estimate of drug-likeness (QED) is 0.377. The van der Waals surface area contributed by atoms with Crippen LogP contribution in [-0.2, 0) is 0 Å². The van der Waals surface area contributed by atoms with Crippen molar-refractivity contribution in [3.63, 3.8) is 0 Å². The number of allylic oxidation sites excluding steroid dienone is 1. The Morgan fingerprint density at radius 1 is 1.33 bits per heavy atom. The first-order chi connectivity index (χ1) is 4.18. The Kier molecular flexibility index (Phi) is 12.5. The lowest BCUT2D eigenvalue weighted by Gasteiger charge is -1.76. The lowest BCUT2D eigenvalue weighted by molar-refractivity contribution is 1.52. The third-order valence-corrected chi connectivity index (χ3v) is 0.349. The van der Waals surface area contributed by atoms with Crippen molar-refractivity contribution in [2.24, 2.45) is 4.99 Å². The van der Waals surface area contributed by atoms with Gasteiger partial charge >= 0.3 is 0 Å². The second kappa shape index (κ2) is 10.2. The van der Waals surface area contributed by atoms with Gasteiger partial charge in [-0.15, -0.1) is 6.58 Å². The van der Waals surface area contributed by atoms with Crippen LogP contribution in [0.4, 0.5) is 0 Å². The maximum atomic E-state index is 3.81. The van der Waals surface area contributed by atoms with Crippen molar-refractivity contribution in [3.05, 3.63) is 25.4 Å². The van der Waals surface area contributed by atoms with Gasteiger partial charge in [0.15, 0.2) is 0 Å². The van der Waals surface area contributed by atoms with Gasteiger partial charge in [-0.1, -0.05) is 12.7 Å². The molecule has 0 spiro atoms. The van der Waals surface area contributed by atoms with Crippen molar-refractivity contribution in [3.8, 4) is 0 Å². The molecule has 0 aliphatic rings. The summed E-state index contributed by atoms with van der Waals surface area (Å²) in [4.78, 5) is 3.81. The van der Waals surface area contributed by atoms with Crippen molar-refractivity contribution in [2.45, 2.75) is 20.8 Å². The lowest BCUT2D eigenvalue weighted by Crippen LogP contribution is -1.73. The molecule has 0 aromatic rings. The Morgan fingerprint density at radius 2 is 1.67 bits per heavy atom. The van der Waals surface area contributed by atoms with Crippen LogP contribution in [0, 0.1) is 0 Å². The molecule has 0 rings (SSSR count). The summed E-state index contributed by atoms with van der Waals surface area (Å²) in [6.45, 7) is 12.5. The van der Waals surface area contributed by atoms with Crippen molar-refractivity contribution in [2.75, 3.05) is 0 Å². The topological polar surface area (TPSA) is 12.4 Å². The van der Waals surface area contributed by atoms with Gasteiger partial charge in [-0.3, -0.25) is 4.99 Å². The summed E-state index contributed by atoms with van der Waals surface area (Å²) < 4.78 is 0. The molecule has 0 fully saturated rings. The van der Waals surface area contributed by atoms with Gasteiger partial charge in [0, 0.05) is 11.9 Å². The van der Waals surface area contributed by atoms with Gasteiger partial charge in [0.1, 0.15) is 0 Å². The fourth-order valence-electron chi connectivity index (χ4n) is 0.183. The maximum Gasteiger partial charge on any atom is 0.0194 e. The number of nitrogens with zero attached hydrogens (tertiary/aromatic N) is 1. The lowest BCUT2D eigenvalue weighted by atomic mass is 10.5. The van der Waals surface area contributed by atoms with Crippen molar-refractivity contribution in [1.29, 1.82) is 0 Å². The molecule has 0 N–H and O–H groups in total. The van der Waals surface area contributed by atoms with Crippen LogP contribution in [0.5, 0.6) is 0 Å². The SMILES string of the molecule is C=CC.C=CN=C(C)C. The highest BCUT2D eigenvalue weighted by atomic mass is 14.7. The summed E-state index contributed by atoms with van der Waals surface area (Å²) in [6, 6.07) is 0. The highest BCUT2D eigenvalue weighted by Crippen LogP contribution is 1.71. The van der Waals surface area contributed by atoms with E-state index in [9.17, 15) is 0 Å². The summed E-state index contributed by atoms with van der Waals surface area (Å²) in [5.74, 6) is 0. The minimum absolute atomic E-state index is 1.05. The normalized spacial score (nSPS) is 6.11. The average molecular weight is 125 g/mol. The van der Waals surface area contributed by atoms with Crippen LogP contribution in [0.1, 0.15) is 20.8 Å². The van der Waals surface area contributed by atoms with E-state index in [1.807, 2.05) is 20.8 Å². The van der Waals surface area contributed by atoms with Crippen LogP contribution in [-0.4, -0.2) is 5.71 Å². The Bertz CT molecular complexity index is 97.1. The molecule has 0 amide bonds.